The normalized spacial score (nSPS) is 12.2. The van der Waals surface area contributed by atoms with Crippen molar-refractivity contribution < 1.29 is 22.6 Å². The van der Waals surface area contributed by atoms with Gasteiger partial charge in [0.25, 0.3) is 6.20 Å². The quantitative estimate of drug-likeness (QED) is 0.405. The van der Waals surface area contributed by atoms with Crippen molar-refractivity contribution in [1.29, 1.82) is 0 Å². The van der Waals surface area contributed by atoms with E-state index in [9.17, 15) is 23.3 Å². The van der Waals surface area contributed by atoms with Gasteiger partial charge in [-0.1, -0.05) is 5.16 Å². The molecule has 0 atom stereocenters. The Morgan fingerprint density at radius 1 is 1.52 bits per heavy atom. The van der Waals surface area contributed by atoms with E-state index in [0.717, 1.165) is 5.69 Å². The van der Waals surface area contributed by atoms with E-state index in [0.29, 0.717) is 17.7 Å². The summed E-state index contributed by atoms with van der Waals surface area (Å²) in [6, 6.07) is 1.70. The molecule has 0 radical (unpaired) electrons. The first-order valence-electron chi connectivity index (χ1n) is 5.73. The summed E-state index contributed by atoms with van der Waals surface area (Å²) in [5.74, 6) is 0.845. The van der Waals surface area contributed by atoms with Crippen molar-refractivity contribution in [3.05, 3.63) is 40.2 Å². The lowest BCUT2D eigenvalue weighted by Gasteiger charge is -2.12. The van der Waals surface area contributed by atoms with Crippen molar-refractivity contribution in [2.24, 2.45) is 0 Å². The Balaban J connectivity index is 2.27. The number of aromatic nitrogens is 1. The van der Waals surface area contributed by atoms with Gasteiger partial charge in [0.1, 0.15) is 12.8 Å². The van der Waals surface area contributed by atoms with Crippen LogP contribution >= 0.6 is 11.8 Å². The fourth-order valence-electron chi connectivity index (χ4n) is 1.20. The van der Waals surface area contributed by atoms with Crippen molar-refractivity contribution in [3.63, 3.8) is 0 Å². The maximum Gasteiger partial charge on any atom is 0.405 e. The molecule has 0 aliphatic heterocycles. The van der Waals surface area contributed by atoms with E-state index in [1.807, 2.05) is 5.32 Å². The summed E-state index contributed by atoms with van der Waals surface area (Å²) >= 11 is 1.46. The van der Waals surface area contributed by atoms with Crippen LogP contribution in [0.1, 0.15) is 5.69 Å². The molecule has 0 saturated carbocycles. The molecule has 118 valence electrons. The molecule has 7 nitrogen and oxygen atoms in total. The van der Waals surface area contributed by atoms with E-state index in [2.05, 4.69) is 15.0 Å². The maximum absolute atomic E-state index is 12.0. The van der Waals surface area contributed by atoms with Gasteiger partial charge in [-0.3, -0.25) is 10.1 Å². The molecular formula is C10H13F3N4O3S. The van der Waals surface area contributed by atoms with Gasteiger partial charge in [-0.2, -0.15) is 24.9 Å². The van der Waals surface area contributed by atoms with Crippen molar-refractivity contribution in [2.45, 2.75) is 11.9 Å². The number of thioether (sulfide) groups is 1. The Morgan fingerprint density at radius 2 is 2.29 bits per heavy atom. The number of rotatable bonds is 9. The molecule has 21 heavy (non-hydrogen) atoms. The highest BCUT2D eigenvalue weighted by molar-refractivity contribution is 7.98. The van der Waals surface area contributed by atoms with Crippen LogP contribution in [0.25, 0.3) is 0 Å². The molecule has 1 aromatic heterocycles. The van der Waals surface area contributed by atoms with Gasteiger partial charge in [0.2, 0.25) is 0 Å². The largest absolute Gasteiger partial charge is 0.405 e. The smallest absolute Gasteiger partial charge is 0.366 e. The third kappa shape index (κ3) is 8.78. The van der Waals surface area contributed by atoms with Gasteiger partial charge in [-0.15, -0.1) is 0 Å². The first-order valence-corrected chi connectivity index (χ1v) is 6.89. The van der Waals surface area contributed by atoms with Crippen LogP contribution in [0.4, 0.5) is 13.2 Å². The van der Waals surface area contributed by atoms with E-state index < -0.39 is 17.6 Å². The molecule has 0 aliphatic rings. The highest BCUT2D eigenvalue weighted by atomic mass is 32.2. The standard InChI is InChI=1S/C10H13F3N4O3S/c11-10(12,13)7-15-9(5-17(18)19)14-2-4-21-6-8-1-3-20-16-8/h1,3,5,14-15H,2,4,6-7H2. The average Bonchev–Trinajstić information content (AvgIpc) is 2.86. The Kier molecular flexibility index (Phi) is 6.85. The number of hydrogen-bond acceptors (Lipinski definition) is 7. The van der Waals surface area contributed by atoms with E-state index in [1.165, 1.54) is 18.0 Å². The summed E-state index contributed by atoms with van der Waals surface area (Å²) < 4.78 is 40.8. The molecule has 0 unspecified atom stereocenters. The molecule has 1 rings (SSSR count). The van der Waals surface area contributed by atoms with E-state index in [-0.39, 0.29) is 12.4 Å². The summed E-state index contributed by atoms with van der Waals surface area (Å²) in [5.41, 5.74) is 0.747. The molecule has 1 heterocycles. The molecule has 0 fully saturated rings. The second-order valence-electron chi connectivity index (χ2n) is 3.77. The summed E-state index contributed by atoms with van der Waals surface area (Å²) in [6.07, 6.45) is -2.54. The predicted octanol–water partition coefficient (Wildman–Crippen LogP) is 1.72. The molecule has 11 heteroatoms. The van der Waals surface area contributed by atoms with Gasteiger partial charge >= 0.3 is 6.18 Å². The minimum absolute atomic E-state index is 0.271. The van der Waals surface area contributed by atoms with E-state index in [4.69, 9.17) is 0 Å². The van der Waals surface area contributed by atoms with Gasteiger partial charge in [0.15, 0.2) is 5.82 Å². The van der Waals surface area contributed by atoms with Gasteiger partial charge in [0.05, 0.1) is 10.6 Å². The lowest BCUT2D eigenvalue weighted by Crippen LogP contribution is -2.35. The third-order valence-electron chi connectivity index (χ3n) is 2.02. The van der Waals surface area contributed by atoms with Crippen molar-refractivity contribution in [2.75, 3.05) is 18.8 Å². The topological polar surface area (TPSA) is 93.2 Å². The maximum atomic E-state index is 12.0. The predicted molar refractivity (Wildman–Crippen MR) is 69.8 cm³/mol. The van der Waals surface area contributed by atoms with Crippen LogP contribution < -0.4 is 10.6 Å². The minimum atomic E-state index is -4.45. The minimum Gasteiger partial charge on any atom is -0.366 e. The first kappa shape index (κ1) is 17.1. The van der Waals surface area contributed by atoms with Gasteiger partial charge < -0.3 is 15.2 Å². The van der Waals surface area contributed by atoms with Crippen molar-refractivity contribution >= 4 is 11.8 Å². The number of nitrogens with one attached hydrogen (secondary N) is 2. The second kappa shape index (κ2) is 8.39. The monoisotopic (exact) mass is 326 g/mol. The van der Waals surface area contributed by atoms with Crippen molar-refractivity contribution in [3.8, 4) is 0 Å². The van der Waals surface area contributed by atoms with Crippen molar-refractivity contribution in [1.82, 2.24) is 15.8 Å². The van der Waals surface area contributed by atoms with E-state index in [1.54, 1.807) is 6.07 Å². The zero-order chi connectivity index (χ0) is 15.7. The molecular weight excluding hydrogens is 313 g/mol. The van der Waals surface area contributed by atoms with Gasteiger partial charge in [0, 0.05) is 24.1 Å². The van der Waals surface area contributed by atoms with Crippen LogP contribution in [-0.2, 0) is 5.75 Å². The lowest BCUT2D eigenvalue weighted by molar-refractivity contribution is -0.404. The molecule has 0 aliphatic carbocycles. The molecule has 0 spiro atoms. The fraction of sp³-hybridized carbons (Fsp3) is 0.500. The van der Waals surface area contributed by atoms with Crippen LogP contribution in [0.3, 0.4) is 0 Å². The summed E-state index contributed by atoms with van der Waals surface area (Å²) in [5, 5.41) is 18.5. The van der Waals surface area contributed by atoms with Crippen LogP contribution in [-0.4, -0.2) is 35.1 Å². The number of alkyl halides is 3. The summed E-state index contributed by atoms with van der Waals surface area (Å²) in [7, 11) is 0. The number of nitro groups is 1. The Hall–Kier alpha value is -1.91. The molecule has 0 amide bonds. The number of nitrogens with zero attached hydrogens (tertiary/aromatic N) is 2. The summed E-state index contributed by atoms with van der Waals surface area (Å²) in [4.78, 5) is 9.50. The highest BCUT2D eigenvalue weighted by Crippen LogP contribution is 2.13. The van der Waals surface area contributed by atoms with Gasteiger partial charge in [-0.05, 0) is 0 Å². The SMILES string of the molecule is O=[N+]([O-])C=C(NCCSCc1ccon1)NCC(F)(F)F. The molecule has 2 N–H and O–H groups in total. The Bertz CT molecular complexity index is 465. The summed E-state index contributed by atoms with van der Waals surface area (Å²) in [6.45, 7) is -1.07. The Labute approximate surface area is 122 Å². The van der Waals surface area contributed by atoms with Crippen LogP contribution in [0.2, 0.25) is 0 Å². The second-order valence-corrected chi connectivity index (χ2v) is 4.87. The van der Waals surface area contributed by atoms with Crippen LogP contribution in [0.5, 0.6) is 0 Å². The van der Waals surface area contributed by atoms with Crippen LogP contribution in [0.15, 0.2) is 28.9 Å². The third-order valence-corrected chi connectivity index (χ3v) is 3.01. The number of hydrogen-bond donors (Lipinski definition) is 2. The lowest BCUT2D eigenvalue weighted by atomic mass is 10.5. The molecule has 0 saturated heterocycles. The van der Waals surface area contributed by atoms with E-state index >= 15 is 0 Å². The van der Waals surface area contributed by atoms with Crippen LogP contribution in [0, 0.1) is 10.1 Å². The zero-order valence-electron chi connectivity index (χ0n) is 10.7. The average molecular weight is 326 g/mol. The van der Waals surface area contributed by atoms with Gasteiger partial charge in [-0.25, -0.2) is 0 Å². The first-order chi connectivity index (χ1) is 9.87. The zero-order valence-corrected chi connectivity index (χ0v) is 11.5. The fourth-order valence-corrected chi connectivity index (χ4v) is 1.95. The highest BCUT2D eigenvalue weighted by Gasteiger charge is 2.27. The number of halogens is 3. The molecule has 0 aromatic carbocycles. The Morgan fingerprint density at radius 3 is 2.86 bits per heavy atom. The molecule has 1 aromatic rings. The molecule has 0 bridgehead atoms.